The summed E-state index contributed by atoms with van der Waals surface area (Å²) in [5.74, 6) is 0.736. The molecule has 0 spiro atoms. The molecule has 30 heavy (non-hydrogen) atoms. The summed E-state index contributed by atoms with van der Waals surface area (Å²) >= 11 is 0. The first-order valence-corrected chi connectivity index (χ1v) is 12.8. The number of nitrogens with one attached hydrogen (secondary N) is 1. The summed E-state index contributed by atoms with van der Waals surface area (Å²) < 4.78 is 5.76. The van der Waals surface area contributed by atoms with Crippen LogP contribution in [0.1, 0.15) is 115 Å². The van der Waals surface area contributed by atoms with Gasteiger partial charge in [0.2, 0.25) is 0 Å². The molecule has 3 nitrogen and oxygen atoms in total. The van der Waals surface area contributed by atoms with Gasteiger partial charge in [-0.1, -0.05) is 90.2 Å². The standard InChI is InChI=1S/C27H45NO2/c1-3-5-6-7-8-9-10-11-12-13-14-18-27(29)30-26-17-15-16-23-22-24(28-21-4-2)19-20-25(23)26/h15-17,24,28H,3-14,18-22H2,1-2H3. The summed E-state index contributed by atoms with van der Waals surface area (Å²) in [7, 11) is 0. The van der Waals surface area contributed by atoms with Crippen LogP contribution in [0, 0.1) is 0 Å². The molecule has 0 aromatic heterocycles. The lowest BCUT2D eigenvalue weighted by Gasteiger charge is -2.26. The first-order chi connectivity index (χ1) is 14.7. The smallest absolute Gasteiger partial charge is 0.311 e. The third-order valence-electron chi connectivity index (χ3n) is 6.33. The number of hydrogen-bond acceptors (Lipinski definition) is 3. The van der Waals surface area contributed by atoms with E-state index in [0.717, 1.165) is 44.4 Å². The summed E-state index contributed by atoms with van der Waals surface area (Å²) in [6, 6.07) is 6.75. The van der Waals surface area contributed by atoms with Crippen LogP contribution in [0.15, 0.2) is 18.2 Å². The van der Waals surface area contributed by atoms with Gasteiger partial charge in [0.15, 0.2) is 0 Å². The number of ether oxygens (including phenoxy) is 1. The second-order valence-electron chi connectivity index (χ2n) is 9.05. The molecule has 3 heteroatoms. The van der Waals surface area contributed by atoms with Gasteiger partial charge in [-0.3, -0.25) is 4.79 Å². The van der Waals surface area contributed by atoms with E-state index in [2.05, 4.69) is 25.2 Å². The zero-order valence-electron chi connectivity index (χ0n) is 19.6. The summed E-state index contributed by atoms with van der Waals surface area (Å²) in [5.41, 5.74) is 2.59. The Labute approximate surface area is 185 Å². The summed E-state index contributed by atoms with van der Waals surface area (Å²) in [6.45, 7) is 5.55. The van der Waals surface area contributed by atoms with Gasteiger partial charge in [0.25, 0.3) is 0 Å². The topological polar surface area (TPSA) is 38.3 Å². The molecular formula is C27H45NO2. The molecule has 1 atom stereocenters. The maximum atomic E-state index is 12.3. The largest absolute Gasteiger partial charge is 0.426 e. The molecule has 0 saturated carbocycles. The fraction of sp³-hybridized carbons (Fsp3) is 0.741. The Hall–Kier alpha value is -1.35. The summed E-state index contributed by atoms with van der Waals surface area (Å²) in [4.78, 5) is 12.3. The highest BCUT2D eigenvalue weighted by Crippen LogP contribution is 2.30. The normalized spacial score (nSPS) is 15.7. The van der Waals surface area contributed by atoms with Crippen molar-refractivity contribution < 1.29 is 9.53 Å². The number of benzene rings is 1. The highest BCUT2D eigenvalue weighted by molar-refractivity contribution is 5.73. The molecule has 1 aliphatic rings. The number of carbonyl (C=O) groups excluding carboxylic acids is 1. The van der Waals surface area contributed by atoms with E-state index in [1.165, 1.54) is 75.3 Å². The highest BCUT2D eigenvalue weighted by atomic mass is 16.5. The fourth-order valence-electron chi connectivity index (χ4n) is 4.50. The van der Waals surface area contributed by atoms with Gasteiger partial charge < -0.3 is 10.1 Å². The zero-order chi connectivity index (χ0) is 21.4. The monoisotopic (exact) mass is 415 g/mol. The van der Waals surface area contributed by atoms with Crippen LogP contribution < -0.4 is 10.1 Å². The van der Waals surface area contributed by atoms with Crippen LogP contribution in [0.2, 0.25) is 0 Å². The van der Waals surface area contributed by atoms with Crippen LogP contribution >= 0.6 is 0 Å². The van der Waals surface area contributed by atoms with Gasteiger partial charge >= 0.3 is 5.97 Å². The fourth-order valence-corrected chi connectivity index (χ4v) is 4.50. The maximum Gasteiger partial charge on any atom is 0.311 e. The number of carbonyl (C=O) groups is 1. The molecule has 1 aromatic carbocycles. The van der Waals surface area contributed by atoms with Gasteiger partial charge in [-0.15, -0.1) is 0 Å². The predicted octanol–water partition coefficient (Wildman–Crippen LogP) is 7.15. The Kier molecular flexibility index (Phi) is 12.8. The van der Waals surface area contributed by atoms with Gasteiger partial charge in [0.1, 0.15) is 5.75 Å². The van der Waals surface area contributed by atoms with E-state index >= 15 is 0 Å². The molecule has 0 fully saturated rings. The van der Waals surface area contributed by atoms with Gasteiger partial charge in [0, 0.05) is 12.5 Å². The first kappa shape index (κ1) is 24.9. The average Bonchev–Trinajstić information content (AvgIpc) is 2.76. The predicted molar refractivity (Wildman–Crippen MR) is 127 cm³/mol. The van der Waals surface area contributed by atoms with E-state index in [1.807, 2.05) is 12.1 Å². The van der Waals surface area contributed by atoms with Crippen molar-refractivity contribution in [3.8, 4) is 5.75 Å². The van der Waals surface area contributed by atoms with Crippen LogP contribution in [-0.4, -0.2) is 18.6 Å². The lowest BCUT2D eigenvalue weighted by atomic mass is 9.87. The molecule has 0 radical (unpaired) electrons. The molecule has 1 aromatic rings. The zero-order valence-corrected chi connectivity index (χ0v) is 19.6. The van der Waals surface area contributed by atoms with E-state index in [9.17, 15) is 4.79 Å². The average molecular weight is 416 g/mol. The Bertz CT molecular complexity index is 599. The molecule has 0 amide bonds. The van der Waals surface area contributed by atoms with Gasteiger partial charge in [-0.05, 0) is 55.8 Å². The maximum absolute atomic E-state index is 12.3. The quantitative estimate of drug-likeness (QED) is 0.177. The van der Waals surface area contributed by atoms with Gasteiger partial charge in [-0.2, -0.15) is 0 Å². The SMILES string of the molecule is CCCCCCCCCCCCCC(=O)Oc1cccc2c1CCC(NCCC)C2. The first-order valence-electron chi connectivity index (χ1n) is 12.8. The van der Waals surface area contributed by atoms with Crippen LogP contribution in [-0.2, 0) is 17.6 Å². The minimum atomic E-state index is -0.0643. The highest BCUT2D eigenvalue weighted by Gasteiger charge is 2.21. The number of esters is 1. The van der Waals surface area contributed by atoms with E-state index in [0.29, 0.717) is 12.5 Å². The molecule has 1 N–H and O–H groups in total. The van der Waals surface area contributed by atoms with Crippen LogP contribution in [0.5, 0.6) is 5.75 Å². The Morgan fingerprint density at radius 1 is 0.933 bits per heavy atom. The van der Waals surface area contributed by atoms with Gasteiger partial charge in [0.05, 0.1) is 0 Å². The van der Waals surface area contributed by atoms with Crippen molar-refractivity contribution in [1.29, 1.82) is 0 Å². The van der Waals surface area contributed by atoms with Crippen molar-refractivity contribution in [2.45, 2.75) is 123 Å². The molecule has 0 heterocycles. The molecule has 0 bridgehead atoms. The third kappa shape index (κ3) is 9.64. The van der Waals surface area contributed by atoms with Gasteiger partial charge in [-0.25, -0.2) is 0 Å². The molecule has 2 rings (SSSR count). The van der Waals surface area contributed by atoms with E-state index in [4.69, 9.17) is 4.74 Å². The summed E-state index contributed by atoms with van der Waals surface area (Å²) in [5, 5.41) is 3.63. The molecular weight excluding hydrogens is 370 g/mol. The van der Waals surface area contributed by atoms with Crippen LogP contribution in [0.4, 0.5) is 0 Å². The van der Waals surface area contributed by atoms with Crippen molar-refractivity contribution in [3.63, 3.8) is 0 Å². The second kappa shape index (κ2) is 15.5. The Morgan fingerprint density at radius 2 is 1.60 bits per heavy atom. The molecule has 0 aliphatic heterocycles. The van der Waals surface area contributed by atoms with E-state index < -0.39 is 0 Å². The van der Waals surface area contributed by atoms with Crippen molar-refractivity contribution in [2.24, 2.45) is 0 Å². The van der Waals surface area contributed by atoms with E-state index in [1.54, 1.807) is 0 Å². The second-order valence-corrected chi connectivity index (χ2v) is 9.05. The molecule has 0 saturated heterocycles. The minimum absolute atomic E-state index is 0.0643. The van der Waals surface area contributed by atoms with Crippen molar-refractivity contribution in [1.82, 2.24) is 5.32 Å². The third-order valence-corrected chi connectivity index (χ3v) is 6.33. The molecule has 1 aliphatic carbocycles. The lowest BCUT2D eigenvalue weighted by molar-refractivity contribution is -0.134. The van der Waals surface area contributed by atoms with Crippen molar-refractivity contribution in [3.05, 3.63) is 29.3 Å². The van der Waals surface area contributed by atoms with Crippen LogP contribution in [0.25, 0.3) is 0 Å². The number of hydrogen-bond donors (Lipinski definition) is 1. The Balaban J connectivity index is 1.59. The molecule has 170 valence electrons. The molecule has 1 unspecified atom stereocenters. The number of fused-ring (bicyclic) bond motifs is 1. The van der Waals surface area contributed by atoms with Crippen molar-refractivity contribution in [2.75, 3.05) is 6.54 Å². The summed E-state index contributed by atoms with van der Waals surface area (Å²) in [6.07, 6.45) is 19.2. The van der Waals surface area contributed by atoms with Crippen LogP contribution in [0.3, 0.4) is 0 Å². The lowest BCUT2D eigenvalue weighted by Crippen LogP contribution is -2.35. The Morgan fingerprint density at radius 3 is 2.27 bits per heavy atom. The number of unbranched alkanes of at least 4 members (excludes halogenated alkanes) is 10. The van der Waals surface area contributed by atoms with E-state index in [-0.39, 0.29) is 5.97 Å². The van der Waals surface area contributed by atoms with Crippen molar-refractivity contribution >= 4 is 5.97 Å². The number of rotatable bonds is 16. The minimum Gasteiger partial charge on any atom is -0.426 e.